The highest BCUT2D eigenvalue weighted by Crippen LogP contribution is 2.14. The second kappa shape index (κ2) is 9.45. The number of methoxy groups -OCH3 is 1. The van der Waals surface area contributed by atoms with Crippen LogP contribution in [0.25, 0.3) is 0 Å². The van der Waals surface area contributed by atoms with Gasteiger partial charge in [0.2, 0.25) is 0 Å². The maximum atomic E-state index is 5.33. The van der Waals surface area contributed by atoms with Crippen molar-refractivity contribution in [1.82, 2.24) is 10.3 Å². The average Bonchev–Trinajstić information content (AvgIpc) is 2.41. The normalized spacial score (nSPS) is 14.3. The van der Waals surface area contributed by atoms with E-state index >= 15 is 0 Å². The van der Waals surface area contributed by atoms with Crippen molar-refractivity contribution < 1.29 is 4.74 Å². The third-order valence-corrected chi connectivity index (χ3v) is 3.68. The highest BCUT2D eigenvalue weighted by Gasteiger charge is 2.11. The van der Waals surface area contributed by atoms with Gasteiger partial charge in [-0.1, -0.05) is 6.92 Å². The Balaban J connectivity index is 2.53. The Labute approximate surface area is 125 Å². The molecule has 0 spiro atoms. The van der Waals surface area contributed by atoms with Gasteiger partial charge in [0.25, 0.3) is 0 Å². The summed E-state index contributed by atoms with van der Waals surface area (Å²) in [6.07, 6.45) is 8.49. The number of halogens is 1. The van der Waals surface area contributed by atoms with Crippen LogP contribution in [0.15, 0.2) is 22.9 Å². The molecule has 2 unspecified atom stereocenters. The first kappa shape index (κ1) is 16.6. The summed E-state index contributed by atoms with van der Waals surface area (Å²) in [5.74, 6) is 0. The summed E-state index contributed by atoms with van der Waals surface area (Å²) >= 11 is 3.48. The van der Waals surface area contributed by atoms with Crippen molar-refractivity contribution in [2.45, 2.75) is 51.7 Å². The number of pyridine rings is 1. The van der Waals surface area contributed by atoms with Gasteiger partial charge in [0.15, 0.2) is 0 Å². The van der Waals surface area contributed by atoms with Crippen molar-refractivity contribution in [3.05, 3.63) is 28.5 Å². The molecule has 1 N–H and O–H groups in total. The van der Waals surface area contributed by atoms with Gasteiger partial charge in [0.1, 0.15) is 0 Å². The highest BCUT2D eigenvalue weighted by molar-refractivity contribution is 9.10. The Hall–Kier alpha value is -0.450. The first-order valence-electron chi connectivity index (χ1n) is 7.01. The molecule has 0 radical (unpaired) electrons. The molecule has 19 heavy (non-hydrogen) atoms. The van der Waals surface area contributed by atoms with Gasteiger partial charge in [0.05, 0.1) is 6.10 Å². The van der Waals surface area contributed by atoms with Gasteiger partial charge in [0, 0.05) is 30.0 Å². The van der Waals surface area contributed by atoms with Crippen molar-refractivity contribution in [2.24, 2.45) is 0 Å². The van der Waals surface area contributed by atoms with Crippen LogP contribution in [0, 0.1) is 0 Å². The molecule has 1 heterocycles. The molecule has 1 rings (SSSR count). The molecule has 108 valence electrons. The van der Waals surface area contributed by atoms with Crippen molar-refractivity contribution in [3.63, 3.8) is 0 Å². The zero-order valence-corrected chi connectivity index (χ0v) is 13.7. The van der Waals surface area contributed by atoms with E-state index in [1.165, 1.54) is 5.56 Å². The number of rotatable bonds is 9. The van der Waals surface area contributed by atoms with Crippen LogP contribution in [0.1, 0.15) is 38.7 Å². The molecule has 0 aliphatic rings. The quantitative estimate of drug-likeness (QED) is 0.752. The monoisotopic (exact) mass is 328 g/mol. The maximum absolute atomic E-state index is 5.33. The number of hydrogen-bond donors (Lipinski definition) is 1. The lowest BCUT2D eigenvalue weighted by Gasteiger charge is -2.20. The molecule has 1 aromatic heterocycles. The van der Waals surface area contributed by atoms with Crippen LogP contribution in [-0.4, -0.2) is 30.8 Å². The van der Waals surface area contributed by atoms with Crippen molar-refractivity contribution in [1.29, 1.82) is 0 Å². The summed E-state index contributed by atoms with van der Waals surface area (Å²) in [5, 5.41) is 3.62. The smallest absolute Gasteiger partial charge is 0.0543 e. The van der Waals surface area contributed by atoms with Gasteiger partial charge in [-0.25, -0.2) is 0 Å². The number of aromatic nitrogens is 1. The standard InChI is InChI=1S/C15H25BrN2O/c1-4-7-18-15(6-5-12(2)19-3)9-13-8-14(16)11-17-10-13/h8,10-12,15,18H,4-7,9H2,1-3H3. The molecular weight excluding hydrogens is 304 g/mol. The molecule has 0 aliphatic carbocycles. The summed E-state index contributed by atoms with van der Waals surface area (Å²) in [6, 6.07) is 2.64. The van der Waals surface area contributed by atoms with Crippen LogP contribution >= 0.6 is 15.9 Å². The maximum Gasteiger partial charge on any atom is 0.0543 e. The fourth-order valence-corrected chi connectivity index (χ4v) is 2.44. The topological polar surface area (TPSA) is 34.1 Å². The molecule has 1 aromatic rings. The lowest BCUT2D eigenvalue weighted by molar-refractivity contribution is 0.106. The van der Waals surface area contributed by atoms with Gasteiger partial charge in [-0.15, -0.1) is 0 Å². The minimum absolute atomic E-state index is 0.326. The van der Waals surface area contributed by atoms with Crippen molar-refractivity contribution in [2.75, 3.05) is 13.7 Å². The van der Waals surface area contributed by atoms with E-state index in [1.807, 2.05) is 12.4 Å². The number of ether oxygens (including phenoxy) is 1. The second-order valence-electron chi connectivity index (χ2n) is 4.99. The molecule has 0 amide bonds. The van der Waals surface area contributed by atoms with Gasteiger partial charge < -0.3 is 10.1 Å². The molecule has 0 saturated heterocycles. The SMILES string of the molecule is CCCNC(CCC(C)OC)Cc1cncc(Br)c1. The van der Waals surface area contributed by atoms with E-state index < -0.39 is 0 Å². The van der Waals surface area contributed by atoms with Crippen LogP contribution in [-0.2, 0) is 11.2 Å². The second-order valence-corrected chi connectivity index (χ2v) is 5.91. The van der Waals surface area contributed by atoms with Gasteiger partial charge in [-0.05, 0) is 66.7 Å². The molecular formula is C15H25BrN2O. The van der Waals surface area contributed by atoms with E-state index in [-0.39, 0.29) is 0 Å². The zero-order chi connectivity index (χ0) is 14.1. The van der Waals surface area contributed by atoms with E-state index in [4.69, 9.17) is 4.74 Å². The van der Waals surface area contributed by atoms with Crippen LogP contribution in [0.3, 0.4) is 0 Å². The van der Waals surface area contributed by atoms with Crippen molar-refractivity contribution in [3.8, 4) is 0 Å². The molecule has 3 nitrogen and oxygen atoms in total. The van der Waals surface area contributed by atoms with E-state index in [0.29, 0.717) is 12.1 Å². The summed E-state index contributed by atoms with van der Waals surface area (Å²) < 4.78 is 6.37. The van der Waals surface area contributed by atoms with Crippen LogP contribution < -0.4 is 5.32 Å². The first-order chi connectivity index (χ1) is 9.15. The Kier molecular flexibility index (Phi) is 8.26. The van der Waals surface area contributed by atoms with E-state index in [9.17, 15) is 0 Å². The molecule has 0 bridgehead atoms. The predicted molar refractivity (Wildman–Crippen MR) is 83.4 cm³/mol. The largest absolute Gasteiger partial charge is 0.382 e. The average molecular weight is 329 g/mol. The highest BCUT2D eigenvalue weighted by atomic mass is 79.9. The molecule has 0 saturated carbocycles. The third-order valence-electron chi connectivity index (χ3n) is 3.25. The zero-order valence-electron chi connectivity index (χ0n) is 12.2. The molecule has 4 heteroatoms. The van der Waals surface area contributed by atoms with Gasteiger partial charge >= 0.3 is 0 Å². The summed E-state index contributed by atoms with van der Waals surface area (Å²) in [5.41, 5.74) is 1.27. The Morgan fingerprint density at radius 3 is 2.79 bits per heavy atom. The minimum atomic E-state index is 0.326. The third kappa shape index (κ3) is 7.04. The molecule has 0 aliphatic heterocycles. The summed E-state index contributed by atoms with van der Waals surface area (Å²) in [6.45, 7) is 5.38. The Bertz CT molecular complexity index is 360. The first-order valence-corrected chi connectivity index (χ1v) is 7.80. The van der Waals surface area contributed by atoms with Crippen LogP contribution in [0.4, 0.5) is 0 Å². The van der Waals surface area contributed by atoms with Gasteiger partial charge in [-0.3, -0.25) is 4.98 Å². The van der Waals surface area contributed by atoms with E-state index in [2.05, 4.69) is 46.1 Å². The van der Waals surface area contributed by atoms with Crippen molar-refractivity contribution >= 4 is 15.9 Å². The fourth-order valence-electron chi connectivity index (χ4n) is 2.03. The van der Waals surface area contributed by atoms with E-state index in [1.54, 1.807) is 7.11 Å². The molecule has 2 atom stereocenters. The number of hydrogen-bond acceptors (Lipinski definition) is 3. The lowest BCUT2D eigenvalue weighted by atomic mass is 10.0. The van der Waals surface area contributed by atoms with Gasteiger partial charge in [-0.2, -0.15) is 0 Å². The minimum Gasteiger partial charge on any atom is -0.382 e. The predicted octanol–water partition coefficient (Wildman–Crippen LogP) is 3.57. The Morgan fingerprint density at radius 1 is 1.37 bits per heavy atom. The van der Waals surface area contributed by atoms with Crippen LogP contribution in [0.5, 0.6) is 0 Å². The van der Waals surface area contributed by atoms with E-state index in [0.717, 1.165) is 36.7 Å². The molecule has 0 aromatic carbocycles. The number of nitrogens with zero attached hydrogens (tertiary/aromatic N) is 1. The lowest BCUT2D eigenvalue weighted by Crippen LogP contribution is -2.32. The van der Waals surface area contributed by atoms with Crippen LogP contribution in [0.2, 0.25) is 0 Å². The molecule has 0 fully saturated rings. The summed E-state index contributed by atoms with van der Waals surface area (Å²) in [7, 11) is 1.78. The fraction of sp³-hybridized carbons (Fsp3) is 0.667. The number of nitrogens with one attached hydrogen (secondary N) is 1. The summed E-state index contributed by atoms with van der Waals surface area (Å²) in [4.78, 5) is 4.23. The Morgan fingerprint density at radius 2 is 2.16 bits per heavy atom.